The summed E-state index contributed by atoms with van der Waals surface area (Å²) in [6.45, 7) is 1.23. The van der Waals surface area contributed by atoms with Gasteiger partial charge in [-0.2, -0.15) is 0 Å². The maximum absolute atomic E-state index is 12.7. The average Bonchev–Trinajstić information content (AvgIpc) is 3.44. The quantitative estimate of drug-likeness (QED) is 0.644. The van der Waals surface area contributed by atoms with E-state index >= 15 is 0 Å². The number of amides is 2. The van der Waals surface area contributed by atoms with Gasteiger partial charge in [-0.3, -0.25) is 9.59 Å². The van der Waals surface area contributed by atoms with E-state index in [0.717, 1.165) is 25.7 Å². The Morgan fingerprint density at radius 3 is 2.34 bits per heavy atom. The average molecular weight is 477 g/mol. The molecule has 2 fully saturated rings. The van der Waals surface area contributed by atoms with Gasteiger partial charge in [-0.1, -0.05) is 48.5 Å². The molecule has 0 radical (unpaired) electrons. The maximum Gasteiger partial charge on any atom is 0.407 e. The Balaban J connectivity index is 1.10. The van der Waals surface area contributed by atoms with Crippen LogP contribution in [0.4, 0.5) is 4.79 Å². The molecule has 1 aliphatic heterocycles. The van der Waals surface area contributed by atoms with Gasteiger partial charge < -0.3 is 20.1 Å². The summed E-state index contributed by atoms with van der Waals surface area (Å²) in [6.07, 6.45) is 3.80. The first-order chi connectivity index (χ1) is 17.0. The van der Waals surface area contributed by atoms with Gasteiger partial charge >= 0.3 is 12.1 Å². The van der Waals surface area contributed by atoms with E-state index in [1.54, 1.807) is 4.90 Å². The SMILES string of the molecule is O=C(N[C@@H]1CC[C@H](CC(=O)N2CCC[C@H](C(=O)O)C2)C1)OCC1c2ccccc2-c2ccccc21. The van der Waals surface area contributed by atoms with Crippen molar-refractivity contribution in [1.82, 2.24) is 10.2 Å². The smallest absolute Gasteiger partial charge is 0.407 e. The van der Waals surface area contributed by atoms with E-state index in [-0.39, 0.29) is 30.4 Å². The molecule has 5 rings (SSSR count). The summed E-state index contributed by atoms with van der Waals surface area (Å²) in [5.74, 6) is -1.02. The summed E-state index contributed by atoms with van der Waals surface area (Å²) >= 11 is 0. The Morgan fingerprint density at radius 1 is 0.971 bits per heavy atom. The second-order valence-electron chi connectivity index (χ2n) is 10.1. The molecular formula is C28H32N2O5. The highest BCUT2D eigenvalue weighted by molar-refractivity contribution is 5.79. The fraction of sp³-hybridized carbons (Fsp3) is 0.464. The second kappa shape index (κ2) is 10.1. The van der Waals surface area contributed by atoms with E-state index in [1.807, 2.05) is 24.3 Å². The number of fused-ring (bicyclic) bond motifs is 3. The van der Waals surface area contributed by atoms with E-state index in [4.69, 9.17) is 4.74 Å². The molecule has 2 N–H and O–H groups in total. The lowest BCUT2D eigenvalue weighted by Crippen LogP contribution is -2.42. The van der Waals surface area contributed by atoms with Crippen LogP contribution in [-0.4, -0.2) is 53.7 Å². The minimum absolute atomic E-state index is 0.00317. The zero-order valence-electron chi connectivity index (χ0n) is 19.8. The number of ether oxygens (including phenoxy) is 1. The first-order valence-corrected chi connectivity index (χ1v) is 12.6. The number of carbonyl (C=O) groups excluding carboxylic acids is 2. The van der Waals surface area contributed by atoms with E-state index < -0.39 is 18.0 Å². The van der Waals surface area contributed by atoms with Crippen molar-refractivity contribution in [3.8, 4) is 11.1 Å². The molecule has 7 nitrogen and oxygen atoms in total. The number of carbonyl (C=O) groups is 3. The Labute approximate surface area is 205 Å². The molecule has 7 heteroatoms. The molecule has 1 saturated heterocycles. The third-order valence-corrected chi connectivity index (χ3v) is 7.79. The number of carboxylic acid groups (broad SMARTS) is 1. The van der Waals surface area contributed by atoms with Gasteiger partial charge in [0.25, 0.3) is 0 Å². The zero-order valence-corrected chi connectivity index (χ0v) is 19.8. The first kappa shape index (κ1) is 23.4. The number of hydrogen-bond acceptors (Lipinski definition) is 4. The fourth-order valence-electron chi connectivity index (χ4n) is 5.98. The third kappa shape index (κ3) is 5.04. The lowest BCUT2D eigenvalue weighted by molar-refractivity contribution is -0.145. The molecule has 0 unspecified atom stereocenters. The predicted molar refractivity (Wildman–Crippen MR) is 131 cm³/mol. The van der Waals surface area contributed by atoms with Crippen molar-refractivity contribution in [2.75, 3.05) is 19.7 Å². The van der Waals surface area contributed by atoms with Crippen LogP contribution in [0.25, 0.3) is 11.1 Å². The third-order valence-electron chi connectivity index (χ3n) is 7.79. The standard InChI is InChI=1S/C28H32N2O5/c31-26(30-13-5-6-19(16-30)27(32)33)15-18-11-12-20(14-18)29-28(34)35-17-25-23-9-3-1-7-21(23)22-8-2-4-10-24(22)25/h1-4,7-10,18-20,25H,5-6,11-17H2,(H,29,34)(H,32,33)/t18-,19-,20+/m0/s1. The van der Waals surface area contributed by atoms with Crippen LogP contribution in [0, 0.1) is 11.8 Å². The molecule has 0 spiro atoms. The monoisotopic (exact) mass is 476 g/mol. The number of carboxylic acids is 1. The molecule has 1 heterocycles. The van der Waals surface area contributed by atoms with Crippen molar-refractivity contribution in [1.29, 1.82) is 0 Å². The topological polar surface area (TPSA) is 95.9 Å². The number of likely N-dealkylation sites (tertiary alicyclic amines) is 1. The van der Waals surface area contributed by atoms with Gasteiger partial charge in [0.15, 0.2) is 0 Å². The van der Waals surface area contributed by atoms with Gasteiger partial charge in [0, 0.05) is 31.5 Å². The summed E-state index contributed by atoms with van der Waals surface area (Å²) in [5.41, 5.74) is 4.76. The van der Waals surface area contributed by atoms with Gasteiger partial charge in [-0.05, 0) is 60.3 Å². The Kier molecular flexibility index (Phi) is 6.75. The minimum Gasteiger partial charge on any atom is -0.481 e. The molecule has 3 atom stereocenters. The normalized spacial score (nSPS) is 23.4. The Hall–Kier alpha value is -3.35. The lowest BCUT2D eigenvalue weighted by atomic mass is 9.96. The van der Waals surface area contributed by atoms with Crippen LogP contribution in [0.5, 0.6) is 0 Å². The van der Waals surface area contributed by atoms with Crippen LogP contribution in [0.3, 0.4) is 0 Å². The van der Waals surface area contributed by atoms with Crippen LogP contribution in [0.1, 0.15) is 55.6 Å². The summed E-state index contributed by atoms with van der Waals surface area (Å²) in [5, 5.41) is 12.3. The number of aliphatic carboxylic acids is 1. The van der Waals surface area contributed by atoms with Crippen LogP contribution >= 0.6 is 0 Å². The fourth-order valence-corrected chi connectivity index (χ4v) is 5.98. The largest absolute Gasteiger partial charge is 0.481 e. The van der Waals surface area contributed by atoms with E-state index in [2.05, 4.69) is 29.6 Å². The van der Waals surface area contributed by atoms with Gasteiger partial charge in [0.1, 0.15) is 6.61 Å². The summed E-state index contributed by atoms with van der Waals surface area (Å²) in [4.78, 5) is 38.3. The molecule has 0 bridgehead atoms. The number of hydrogen-bond donors (Lipinski definition) is 2. The second-order valence-corrected chi connectivity index (χ2v) is 10.1. The van der Waals surface area contributed by atoms with E-state index in [1.165, 1.54) is 22.3 Å². The van der Waals surface area contributed by atoms with Crippen molar-refractivity contribution < 1.29 is 24.2 Å². The van der Waals surface area contributed by atoms with Crippen LogP contribution in [-0.2, 0) is 14.3 Å². The minimum atomic E-state index is -0.823. The molecule has 3 aliphatic rings. The first-order valence-electron chi connectivity index (χ1n) is 12.6. The van der Waals surface area contributed by atoms with Crippen molar-refractivity contribution in [2.24, 2.45) is 11.8 Å². The number of alkyl carbamates (subject to hydrolysis) is 1. The van der Waals surface area contributed by atoms with Crippen LogP contribution in [0.2, 0.25) is 0 Å². The van der Waals surface area contributed by atoms with Crippen molar-refractivity contribution in [3.05, 3.63) is 59.7 Å². The highest BCUT2D eigenvalue weighted by atomic mass is 16.5. The Morgan fingerprint density at radius 2 is 1.66 bits per heavy atom. The van der Waals surface area contributed by atoms with E-state index in [9.17, 15) is 19.5 Å². The van der Waals surface area contributed by atoms with Crippen LogP contribution < -0.4 is 5.32 Å². The highest BCUT2D eigenvalue weighted by Crippen LogP contribution is 2.44. The van der Waals surface area contributed by atoms with E-state index in [0.29, 0.717) is 25.9 Å². The van der Waals surface area contributed by atoms with Gasteiger partial charge in [-0.25, -0.2) is 4.79 Å². The highest BCUT2D eigenvalue weighted by Gasteiger charge is 2.33. The number of rotatable bonds is 6. The van der Waals surface area contributed by atoms with Crippen molar-refractivity contribution in [2.45, 2.75) is 50.5 Å². The van der Waals surface area contributed by atoms with Gasteiger partial charge in [0.2, 0.25) is 5.91 Å². The van der Waals surface area contributed by atoms with Gasteiger partial charge in [-0.15, -0.1) is 0 Å². The lowest BCUT2D eigenvalue weighted by Gasteiger charge is -2.31. The zero-order chi connectivity index (χ0) is 24.4. The molecular weight excluding hydrogens is 444 g/mol. The van der Waals surface area contributed by atoms with Crippen molar-refractivity contribution in [3.63, 3.8) is 0 Å². The molecule has 35 heavy (non-hydrogen) atoms. The molecule has 2 aliphatic carbocycles. The maximum atomic E-state index is 12.7. The summed E-state index contributed by atoms with van der Waals surface area (Å²) < 4.78 is 5.67. The molecule has 184 valence electrons. The van der Waals surface area contributed by atoms with Crippen molar-refractivity contribution >= 4 is 18.0 Å². The molecule has 2 amide bonds. The van der Waals surface area contributed by atoms with Gasteiger partial charge in [0.05, 0.1) is 5.92 Å². The molecule has 2 aromatic carbocycles. The number of nitrogens with zero attached hydrogens (tertiary/aromatic N) is 1. The number of nitrogens with one attached hydrogen (secondary N) is 1. The van der Waals surface area contributed by atoms with Crippen LogP contribution in [0.15, 0.2) is 48.5 Å². The predicted octanol–water partition coefficient (Wildman–Crippen LogP) is 4.41. The molecule has 0 aromatic heterocycles. The summed E-state index contributed by atoms with van der Waals surface area (Å²) in [7, 11) is 0. The number of piperidine rings is 1. The molecule has 2 aromatic rings. The summed E-state index contributed by atoms with van der Waals surface area (Å²) in [6, 6.07) is 16.5. The number of benzene rings is 2. The Bertz CT molecular complexity index is 1070. The molecule has 1 saturated carbocycles.